The van der Waals surface area contributed by atoms with Crippen molar-refractivity contribution in [1.82, 2.24) is 15.3 Å². The van der Waals surface area contributed by atoms with Crippen LogP contribution in [0.2, 0.25) is 0 Å². The zero-order valence-electron chi connectivity index (χ0n) is 17.6. The number of hydrogen-bond acceptors (Lipinski definition) is 7. The van der Waals surface area contributed by atoms with E-state index >= 15 is 0 Å². The Labute approximate surface area is 181 Å². The highest BCUT2D eigenvalue weighted by Gasteiger charge is 2.48. The molecule has 1 aromatic heterocycles. The Hall–Kier alpha value is -2.71. The zero-order valence-corrected chi connectivity index (χ0v) is 17.6. The van der Waals surface area contributed by atoms with Gasteiger partial charge in [0, 0.05) is 23.4 Å². The first-order valence-electron chi connectivity index (χ1n) is 11.0. The molecule has 2 aromatic rings. The van der Waals surface area contributed by atoms with E-state index in [1.165, 1.54) is 25.7 Å². The van der Waals surface area contributed by atoms with Gasteiger partial charge in [-0.3, -0.25) is 4.79 Å². The normalized spacial score (nSPS) is 27.8. The molecule has 164 valence electrons. The molecule has 2 saturated heterocycles. The fourth-order valence-corrected chi connectivity index (χ4v) is 4.80. The van der Waals surface area contributed by atoms with E-state index < -0.39 is 0 Å². The fourth-order valence-electron chi connectivity index (χ4n) is 4.80. The lowest BCUT2D eigenvalue weighted by Crippen LogP contribution is -2.44. The Bertz CT molecular complexity index is 916. The van der Waals surface area contributed by atoms with Crippen LogP contribution in [0, 0.1) is 0 Å². The summed E-state index contributed by atoms with van der Waals surface area (Å²) in [4.78, 5) is 21.8. The van der Waals surface area contributed by atoms with Gasteiger partial charge in [-0.2, -0.15) is 0 Å². The predicted molar refractivity (Wildman–Crippen MR) is 114 cm³/mol. The molecule has 1 aromatic carbocycles. The summed E-state index contributed by atoms with van der Waals surface area (Å²) in [6, 6.07) is 8.81. The van der Waals surface area contributed by atoms with Crippen molar-refractivity contribution in [3.63, 3.8) is 0 Å². The van der Waals surface area contributed by atoms with Crippen molar-refractivity contribution >= 4 is 11.9 Å². The first-order valence-corrected chi connectivity index (χ1v) is 11.0. The molecule has 0 spiro atoms. The van der Waals surface area contributed by atoms with Crippen LogP contribution in [0.15, 0.2) is 36.5 Å². The second-order valence-electron chi connectivity index (χ2n) is 8.44. The predicted octanol–water partition coefficient (Wildman–Crippen LogP) is 2.52. The van der Waals surface area contributed by atoms with E-state index in [9.17, 15) is 4.79 Å². The van der Waals surface area contributed by atoms with Crippen molar-refractivity contribution in [3.8, 4) is 5.75 Å². The van der Waals surface area contributed by atoms with Crippen LogP contribution in [0.25, 0.3) is 0 Å². The second kappa shape index (κ2) is 8.80. The van der Waals surface area contributed by atoms with Crippen molar-refractivity contribution < 1.29 is 19.0 Å². The van der Waals surface area contributed by atoms with Gasteiger partial charge in [-0.25, -0.2) is 9.97 Å². The van der Waals surface area contributed by atoms with Crippen molar-refractivity contribution in [3.05, 3.63) is 47.8 Å². The molecule has 1 aliphatic carbocycles. The number of hydrogen-bond donors (Lipinski definition) is 2. The molecular formula is C23H28N4O4. The van der Waals surface area contributed by atoms with Gasteiger partial charge < -0.3 is 24.8 Å². The summed E-state index contributed by atoms with van der Waals surface area (Å²) in [5.74, 6) is 1.72. The highest BCUT2D eigenvalue weighted by atomic mass is 16.6. The SMILES string of the molecule is COc1ccc(C(=O)N[C@H]2CO[C@H]3[C@@H]2OC[C@@H]3Nc2nccc(C3CCCC3)n2)cc1. The third kappa shape index (κ3) is 4.22. The molecule has 3 heterocycles. The van der Waals surface area contributed by atoms with Gasteiger partial charge in [0.05, 0.1) is 32.4 Å². The molecule has 2 N–H and O–H groups in total. The van der Waals surface area contributed by atoms with Gasteiger partial charge in [-0.1, -0.05) is 12.8 Å². The van der Waals surface area contributed by atoms with Crippen molar-refractivity contribution in [2.24, 2.45) is 0 Å². The Morgan fingerprint density at radius 1 is 1.03 bits per heavy atom. The van der Waals surface area contributed by atoms with E-state index in [0.717, 1.165) is 5.69 Å². The minimum absolute atomic E-state index is 0.0493. The lowest BCUT2D eigenvalue weighted by molar-refractivity contribution is 0.0652. The molecule has 0 bridgehead atoms. The number of nitrogens with one attached hydrogen (secondary N) is 2. The number of methoxy groups -OCH3 is 1. The number of benzene rings is 1. The van der Waals surface area contributed by atoms with Crippen LogP contribution in [-0.2, 0) is 9.47 Å². The van der Waals surface area contributed by atoms with E-state index in [1.807, 2.05) is 12.3 Å². The third-order valence-corrected chi connectivity index (χ3v) is 6.49. The van der Waals surface area contributed by atoms with Crippen LogP contribution in [0.4, 0.5) is 5.95 Å². The number of fused-ring (bicyclic) bond motifs is 1. The highest BCUT2D eigenvalue weighted by Crippen LogP contribution is 2.33. The van der Waals surface area contributed by atoms with Gasteiger partial charge in [0.2, 0.25) is 5.95 Å². The first kappa shape index (κ1) is 20.2. The monoisotopic (exact) mass is 424 g/mol. The Kier molecular flexibility index (Phi) is 5.74. The van der Waals surface area contributed by atoms with E-state index in [-0.39, 0.29) is 30.2 Å². The number of aromatic nitrogens is 2. The Morgan fingerprint density at radius 3 is 2.48 bits per heavy atom. The highest BCUT2D eigenvalue weighted by molar-refractivity contribution is 5.94. The quantitative estimate of drug-likeness (QED) is 0.736. The van der Waals surface area contributed by atoms with Gasteiger partial charge in [0.15, 0.2) is 0 Å². The number of rotatable bonds is 6. The molecule has 3 fully saturated rings. The number of nitrogens with zero attached hydrogens (tertiary/aromatic N) is 2. The van der Waals surface area contributed by atoms with Gasteiger partial charge in [-0.05, 0) is 43.2 Å². The summed E-state index contributed by atoms with van der Waals surface area (Å²) in [7, 11) is 1.60. The number of carbonyl (C=O) groups excluding carboxylic acids is 1. The number of amides is 1. The maximum Gasteiger partial charge on any atom is 0.251 e. The third-order valence-electron chi connectivity index (χ3n) is 6.49. The van der Waals surface area contributed by atoms with Crippen LogP contribution in [0.5, 0.6) is 5.75 Å². The summed E-state index contributed by atoms with van der Waals surface area (Å²) in [5, 5.41) is 6.44. The standard InChI is InChI=1S/C23H28N4O4/c1-29-16-8-6-15(7-9-16)22(28)25-18-12-30-21-19(13-31-20(18)21)27-23-24-11-10-17(26-23)14-4-2-3-5-14/h6-11,14,18-21H,2-5,12-13H2,1H3,(H,25,28)(H,24,26,27)/t18-,19-,20+,21+/m0/s1. The molecule has 4 atom stereocenters. The minimum Gasteiger partial charge on any atom is -0.497 e. The topological polar surface area (TPSA) is 94.6 Å². The van der Waals surface area contributed by atoms with Crippen LogP contribution in [0.3, 0.4) is 0 Å². The summed E-state index contributed by atoms with van der Waals surface area (Å²) >= 11 is 0. The Morgan fingerprint density at radius 2 is 1.74 bits per heavy atom. The summed E-state index contributed by atoms with van der Waals surface area (Å²) in [6.45, 7) is 0.902. The number of anilines is 1. The van der Waals surface area contributed by atoms with Gasteiger partial charge in [-0.15, -0.1) is 0 Å². The van der Waals surface area contributed by atoms with Crippen LogP contribution >= 0.6 is 0 Å². The fraction of sp³-hybridized carbons (Fsp3) is 0.522. The van der Waals surface area contributed by atoms with Crippen LogP contribution in [0.1, 0.15) is 47.7 Å². The molecular weight excluding hydrogens is 396 g/mol. The number of carbonyl (C=O) groups is 1. The second-order valence-corrected chi connectivity index (χ2v) is 8.44. The average molecular weight is 425 g/mol. The molecule has 3 aliphatic rings. The van der Waals surface area contributed by atoms with Crippen molar-refractivity contribution in [2.45, 2.75) is 55.9 Å². The van der Waals surface area contributed by atoms with Gasteiger partial charge in [0.1, 0.15) is 18.0 Å². The number of ether oxygens (including phenoxy) is 3. The molecule has 1 amide bonds. The summed E-state index contributed by atoms with van der Waals surface area (Å²) in [6.07, 6.45) is 6.42. The lowest BCUT2D eigenvalue weighted by Gasteiger charge is -2.19. The van der Waals surface area contributed by atoms with E-state index in [1.54, 1.807) is 31.4 Å². The average Bonchev–Trinajstić information content (AvgIpc) is 3.55. The van der Waals surface area contributed by atoms with Crippen molar-refractivity contribution in [1.29, 1.82) is 0 Å². The Balaban J connectivity index is 1.20. The minimum atomic E-state index is -0.197. The zero-order chi connectivity index (χ0) is 21.2. The van der Waals surface area contributed by atoms with Gasteiger partial charge in [0.25, 0.3) is 5.91 Å². The van der Waals surface area contributed by atoms with Crippen LogP contribution in [-0.4, -0.2) is 60.5 Å². The largest absolute Gasteiger partial charge is 0.497 e. The molecule has 8 nitrogen and oxygen atoms in total. The summed E-state index contributed by atoms with van der Waals surface area (Å²) in [5.41, 5.74) is 1.69. The molecule has 31 heavy (non-hydrogen) atoms. The molecule has 1 saturated carbocycles. The lowest BCUT2D eigenvalue weighted by atomic mass is 10.0. The first-order chi connectivity index (χ1) is 15.2. The van der Waals surface area contributed by atoms with E-state index in [0.29, 0.717) is 36.4 Å². The molecule has 0 radical (unpaired) electrons. The molecule has 0 unspecified atom stereocenters. The molecule has 2 aliphatic heterocycles. The van der Waals surface area contributed by atoms with Gasteiger partial charge >= 0.3 is 0 Å². The van der Waals surface area contributed by atoms with E-state index in [2.05, 4.69) is 15.6 Å². The maximum absolute atomic E-state index is 12.6. The van der Waals surface area contributed by atoms with Crippen LogP contribution < -0.4 is 15.4 Å². The van der Waals surface area contributed by atoms with E-state index in [4.69, 9.17) is 19.2 Å². The maximum atomic E-state index is 12.6. The van der Waals surface area contributed by atoms with Crippen molar-refractivity contribution in [2.75, 3.05) is 25.6 Å². The summed E-state index contributed by atoms with van der Waals surface area (Å²) < 4.78 is 17.1. The smallest absolute Gasteiger partial charge is 0.251 e. The molecule has 8 heteroatoms. The molecule has 5 rings (SSSR count).